The number of aryl methyl sites for hydroxylation is 1. The molecule has 1 heterocycles. The van der Waals surface area contributed by atoms with Gasteiger partial charge in [-0.2, -0.15) is 5.10 Å². The minimum absolute atomic E-state index is 0.166. The maximum atomic E-state index is 12.8. The van der Waals surface area contributed by atoms with Gasteiger partial charge in [0.25, 0.3) is 5.91 Å². The number of nitrogens with one attached hydrogen (secondary N) is 1. The van der Waals surface area contributed by atoms with Crippen LogP contribution in [-0.2, 0) is 4.79 Å². The molecule has 1 amide bonds. The number of hydrogen-bond acceptors (Lipinski definition) is 7. The number of ether oxygens (including phenoxy) is 3. The van der Waals surface area contributed by atoms with Crippen molar-refractivity contribution in [1.82, 2.24) is 5.43 Å². The third kappa shape index (κ3) is 5.79. The summed E-state index contributed by atoms with van der Waals surface area (Å²) < 4.78 is 17.3. The van der Waals surface area contributed by atoms with E-state index in [2.05, 4.69) is 10.5 Å². The molecule has 0 saturated heterocycles. The van der Waals surface area contributed by atoms with E-state index < -0.39 is 11.9 Å². The zero-order chi connectivity index (χ0) is 24.8. The molecule has 35 heavy (non-hydrogen) atoms. The van der Waals surface area contributed by atoms with Crippen molar-refractivity contribution in [1.29, 1.82) is 0 Å². The van der Waals surface area contributed by atoms with E-state index in [4.69, 9.17) is 25.8 Å². The summed E-state index contributed by atoms with van der Waals surface area (Å²) in [6, 6.07) is 19.8. The van der Waals surface area contributed by atoms with Crippen LogP contribution in [0.1, 0.15) is 20.8 Å². The largest absolute Gasteiger partial charge is 0.493 e. The minimum Gasteiger partial charge on any atom is -0.493 e. The van der Waals surface area contributed by atoms with E-state index in [1.807, 2.05) is 49.4 Å². The van der Waals surface area contributed by atoms with E-state index in [0.717, 1.165) is 15.6 Å². The molecule has 178 valence electrons. The lowest BCUT2D eigenvalue weighted by atomic mass is 10.2. The van der Waals surface area contributed by atoms with Crippen LogP contribution in [0.25, 0.3) is 10.1 Å². The van der Waals surface area contributed by atoms with Gasteiger partial charge in [0.15, 0.2) is 18.1 Å². The average Bonchev–Trinajstić information content (AvgIpc) is 3.21. The Hall–Kier alpha value is -3.88. The summed E-state index contributed by atoms with van der Waals surface area (Å²) in [4.78, 5) is 25.1. The van der Waals surface area contributed by atoms with Gasteiger partial charge in [-0.05, 0) is 48.4 Å². The highest BCUT2D eigenvalue weighted by molar-refractivity contribution is 7.21. The number of methoxy groups -OCH3 is 1. The molecule has 0 atom stereocenters. The fourth-order valence-electron chi connectivity index (χ4n) is 3.21. The Labute approximate surface area is 210 Å². The quantitative estimate of drug-likeness (QED) is 0.144. The molecule has 0 aliphatic rings. The molecule has 0 radical (unpaired) electrons. The fourth-order valence-corrected chi connectivity index (χ4v) is 4.60. The van der Waals surface area contributed by atoms with Gasteiger partial charge in [0.2, 0.25) is 0 Å². The molecule has 4 aromatic rings. The molecule has 1 N–H and O–H groups in total. The van der Waals surface area contributed by atoms with Crippen LogP contribution in [0.3, 0.4) is 0 Å². The third-order valence-corrected chi connectivity index (χ3v) is 6.62. The summed E-state index contributed by atoms with van der Waals surface area (Å²) in [5.41, 5.74) is 3.97. The molecule has 0 spiro atoms. The lowest BCUT2D eigenvalue weighted by molar-refractivity contribution is -0.123. The second-order valence-electron chi connectivity index (χ2n) is 7.39. The minimum atomic E-state index is -0.572. The number of benzene rings is 3. The molecule has 0 aliphatic carbocycles. The Balaban J connectivity index is 1.38. The van der Waals surface area contributed by atoms with Crippen molar-refractivity contribution in [2.24, 2.45) is 5.10 Å². The number of para-hydroxylation sites is 1. The van der Waals surface area contributed by atoms with Crippen molar-refractivity contribution < 1.29 is 23.8 Å². The number of fused-ring (bicyclic) bond motifs is 1. The van der Waals surface area contributed by atoms with Crippen LogP contribution in [-0.4, -0.2) is 31.8 Å². The maximum absolute atomic E-state index is 12.8. The number of nitrogens with zero attached hydrogens (tertiary/aromatic N) is 1. The number of carbonyl (C=O) groups is 2. The lowest BCUT2D eigenvalue weighted by Crippen LogP contribution is -2.24. The highest BCUT2D eigenvalue weighted by Gasteiger charge is 2.20. The number of amides is 1. The molecule has 0 saturated carbocycles. The second-order valence-corrected chi connectivity index (χ2v) is 8.82. The Morgan fingerprint density at radius 3 is 2.57 bits per heavy atom. The van der Waals surface area contributed by atoms with Crippen molar-refractivity contribution in [2.45, 2.75) is 6.92 Å². The van der Waals surface area contributed by atoms with E-state index >= 15 is 0 Å². The molecular weight excluding hydrogens is 488 g/mol. The van der Waals surface area contributed by atoms with E-state index in [1.165, 1.54) is 24.7 Å². The van der Waals surface area contributed by atoms with Gasteiger partial charge in [-0.3, -0.25) is 4.79 Å². The SMILES string of the molecule is COc1cc(/C=N/NC(=O)COc2ccccc2C)ccc1OC(=O)c1sc2ccccc2c1Cl. The van der Waals surface area contributed by atoms with Crippen LogP contribution in [0.2, 0.25) is 5.02 Å². The number of rotatable bonds is 8. The highest BCUT2D eigenvalue weighted by Crippen LogP contribution is 2.37. The molecule has 9 heteroatoms. The van der Waals surface area contributed by atoms with Gasteiger partial charge in [-0.25, -0.2) is 10.2 Å². The van der Waals surface area contributed by atoms with Crippen LogP contribution in [0.5, 0.6) is 17.2 Å². The Bertz CT molecular complexity index is 1420. The van der Waals surface area contributed by atoms with E-state index in [1.54, 1.807) is 24.3 Å². The summed E-state index contributed by atoms with van der Waals surface area (Å²) in [6.07, 6.45) is 1.45. The van der Waals surface area contributed by atoms with Gasteiger partial charge in [0.05, 0.1) is 18.3 Å². The van der Waals surface area contributed by atoms with Gasteiger partial charge in [-0.15, -0.1) is 11.3 Å². The zero-order valence-corrected chi connectivity index (χ0v) is 20.5. The standard InChI is InChI=1S/C26H21ClN2O5S/c1-16-7-3-5-9-19(16)33-15-23(30)29-28-14-17-11-12-20(21(13-17)32-2)34-26(31)25-24(27)18-8-4-6-10-22(18)35-25/h3-14H,15H2,1-2H3,(H,29,30)/b28-14+. The van der Waals surface area contributed by atoms with Crippen LogP contribution in [0.15, 0.2) is 71.8 Å². The normalized spacial score (nSPS) is 10.9. The van der Waals surface area contributed by atoms with Crippen LogP contribution in [0, 0.1) is 6.92 Å². The Kier molecular flexibility index (Phi) is 7.64. The lowest BCUT2D eigenvalue weighted by Gasteiger charge is -2.09. The van der Waals surface area contributed by atoms with Crippen LogP contribution < -0.4 is 19.6 Å². The molecule has 0 fully saturated rings. The Morgan fingerprint density at radius 1 is 1.03 bits per heavy atom. The summed E-state index contributed by atoms with van der Waals surface area (Å²) in [5.74, 6) is 0.227. The van der Waals surface area contributed by atoms with Gasteiger partial charge in [0.1, 0.15) is 10.6 Å². The van der Waals surface area contributed by atoms with E-state index in [0.29, 0.717) is 27.0 Å². The third-order valence-electron chi connectivity index (χ3n) is 4.97. The fraction of sp³-hybridized carbons (Fsp3) is 0.115. The first-order chi connectivity index (χ1) is 17.0. The molecule has 4 rings (SSSR count). The van der Waals surface area contributed by atoms with Crippen molar-refractivity contribution in [3.8, 4) is 17.2 Å². The van der Waals surface area contributed by atoms with Gasteiger partial charge in [-0.1, -0.05) is 48.0 Å². The summed E-state index contributed by atoms with van der Waals surface area (Å²) in [6.45, 7) is 1.73. The predicted octanol–water partition coefficient (Wildman–Crippen LogP) is 5.62. The summed E-state index contributed by atoms with van der Waals surface area (Å²) in [7, 11) is 1.46. The first-order valence-electron chi connectivity index (χ1n) is 10.5. The average molecular weight is 509 g/mol. The smallest absolute Gasteiger partial charge is 0.355 e. The zero-order valence-electron chi connectivity index (χ0n) is 18.9. The molecule has 3 aromatic carbocycles. The highest BCUT2D eigenvalue weighted by atomic mass is 35.5. The van der Waals surface area contributed by atoms with E-state index in [9.17, 15) is 9.59 Å². The van der Waals surface area contributed by atoms with Gasteiger partial charge < -0.3 is 14.2 Å². The number of thiophene rings is 1. The molecule has 7 nitrogen and oxygen atoms in total. The number of hydrazone groups is 1. The monoisotopic (exact) mass is 508 g/mol. The predicted molar refractivity (Wildman–Crippen MR) is 137 cm³/mol. The van der Waals surface area contributed by atoms with Gasteiger partial charge in [0, 0.05) is 10.1 Å². The summed E-state index contributed by atoms with van der Waals surface area (Å²) >= 11 is 7.65. The Morgan fingerprint density at radius 2 is 1.80 bits per heavy atom. The van der Waals surface area contributed by atoms with Crippen molar-refractivity contribution in [3.63, 3.8) is 0 Å². The first-order valence-corrected chi connectivity index (χ1v) is 11.7. The van der Waals surface area contributed by atoms with Crippen molar-refractivity contribution >= 4 is 51.1 Å². The van der Waals surface area contributed by atoms with Crippen molar-refractivity contribution in [3.05, 3.63) is 87.8 Å². The number of esters is 1. The second kappa shape index (κ2) is 11.0. The topological polar surface area (TPSA) is 86.2 Å². The van der Waals surface area contributed by atoms with Crippen LogP contribution >= 0.6 is 22.9 Å². The number of hydrogen-bond donors (Lipinski definition) is 1. The molecule has 0 bridgehead atoms. The van der Waals surface area contributed by atoms with E-state index in [-0.39, 0.29) is 12.4 Å². The van der Waals surface area contributed by atoms with Gasteiger partial charge >= 0.3 is 5.97 Å². The maximum Gasteiger partial charge on any atom is 0.355 e. The number of halogens is 1. The number of carbonyl (C=O) groups excluding carboxylic acids is 2. The summed E-state index contributed by atoms with van der Waals surface area (Å²) in [5, 5.41) is 5.11. The van der Waals surface area contributed by atoms with Crippen molar-refractivity contribution in [2.75, 3.05) is 13.7 Å². The van der Waals surface area contributed by atoms with Crippen LogP contribution in [0.4, 0.5) is 0 Å². The molecule has 1 aromatic heterocycles. The first kappa shape index (κ1) is 24.3. The molecular formula is C26H21ClN2O5S. The molecule has 0 aliphatic heterocycles. The molecule has 0 unspecified atom stereocenters.